The molecule has 4 rings (SSSR count). The Morgan fingerprint density at radius 2 is 1.90 bits per heavy atom. The number of aromatic nitrogens is 4. The molecule has 1 aliphatic rings. The van der Waals surface area contributed by atoms with Gasteiger partial charge in [-0.25, -0.2) is 19.4 Å². The van der Waals surface area contributed by atoms with Gasteiger partial charge in [-0.1, -0.05) is 18.2 Å². The molecule has 0 atom stereocenters. The average molecular weight is 422 g/mol. The van der Waals surface area contributed by atoms with Crippen LogP contribution >= 0.6 is 0 Å². The SMILES string of the molecule is CC(C)(C)OC(=O)N1CCC(CN=Nc2ncnc3c2cnn3-c2ccccc2)CC1. The molecule has 1 saturated heterocycles. The summed E-state index contributed by atoms with van der Waals surface area (Å²) in [5, 5.41) is 13.9. The smallest absolute Gasteiger partial charge is 0.410 e. The van der Waals surface area contributed by atoms with Crippen LogP contribution in [-0.2, 0) is 4.74 Å². The summed E-state index contributed by atoms with van der Waals surface area (Å²) in [5.74, 6) is 0.894. The fourth-order valence-electron chi connectivity index (χ4n) is 3.52. The molecule has 9 nitrogen and oxygen atoms in total. The number of nitrogens with zero attached hydrogens (tertiary/aromatic N) is 7. The number of hydrogen-bond donors (Lipinski definition) is 0. The summed E-state index contributed by atoms with van der Waals surface area (Å²) in [6.07, 6.45) is 4.71. The minimum atomic E-state index is -0.473. The second-order valence-electron chi connectivity index (χ2n) is 8.66. The number of para-hydroxylation sites is 1. The standard InChI is InChI=1S/C22H27N7O2/c1-22(2,3)31-21(30)28-11-9-16(10-12-28)13-25-27-19-18-14-26-29(20(18)24-15-23-19)17-7-5-4-6-8-17/h4-8,14-16H,9-13H2,1-3H3. The fraction of sp³-hybridized carbons (Fsp3) is 0.455. The zero-order valence-electron chi connectivity index (χ0n) is 18.1. The molecule has 9 heteroatoms. The Labute approximate surface area is 181 Å². The summed E-state index contributed by atoms with van der Waals surface area (Å²) in [4.78, 5) is 22.6. The largest absolute Gasteiger partial charge is 0.444 e. The number of carbonyl (C=O) groups is 1. The van der Waals surface area contributed by atoms with Crippen LogP contribution < -0.4 is 0 Å². The van der Waals surface area contributed by atoms with Gasteiger partial charge >= 0.3 is 6.09 Å². The van der Waals surface area contributed by atoms with E-state index in [2.05, 4.69) is 25.3 Å². The lowest BCUT2D eigenvalue weighted by Gasteiger charge is -2.32. The van der Waals surface area contributed by atoms with E-state index in [1.54, 1.807) is 15.8 Å². The molecule has 162 valence electrons. The number of azo groups is 1. The fourth-order valence-corrected chi connectivity index (χ4v) is 3.52. The molecule has 1 aliphatic heterocycles. The van der Waals surface area contributed by atoms with Crippen LogP contribution in [0.2, 0.25) is 0 Å². The van der Waals surface area contributed by atoms with Crippen molar-refractivity contribution in [3.05, 3.63) is 42.9 Å². The third-order valence-corrected chi connectivity index (χ3v) is 5.12. The maximum absolute atomic E-state index is 12.2. The Balaban J connectivity index is 1.37. The lowest BCUT2D eigenvalue weighted by molar-refractivity contribution is 0.0186. The molecule has 2 aromatic heterocycles. The second-order valence-corrected chi connectivity index (χ2v) is 8.66. The number of likely N-dealkylation sites (tertiary alicyclic amines) is 1. The predicted octanol–water partition coefficient (Wildman–Crippen LogP) is 4.55. The van der Waals surface area contributed by atoms with Crippen LogP contribution in [-0.4, -0.2) is 56.0 Å². The van der Waals surface area contributed by atoms with E-state index in [-0.39, 0.29) is 6.09 Å². The molecule has 0 unspecified atom stereocenters. The zero-order chi connectivity index (χ0) is 21.8. The molecular formula is C22H27N7O2. The van der Waals surface area contributed by atoms with Gasteiger partial charge in [0.15, 0.2) is 11.5 Å². The number of carbonyl (C=O) groups excluding carboxylic acids is 1. The van der Waals surface area contributed by atoms with Crippen LogP contribution in [0, 0.1) is 5.92 Å². The first-order chi connectivity index (χ1) is 14.9. The number of amides is 1. The maximum Gasteiger partial charge on any atom is 0.410 e. The van der Waals surface area contributed by atoms with Crippen molar-refractivity contribution in [3.8, 4) is 5.69 Å². The van der Waals surface area contributed by atoms with E-state index in [0.717, 1.165) is 23.9 Å². The van der Waals surface area contributed by atoms with Crippen molar-refractivity contribution in [1.82, 2.24) is 24.6 Å². The molecule has 0 N–H and O–H groups in total. The number of fused-ring (bicyclic) bond motifs is 1. The number of rotatable bonds is 4. The summed E-state index contributed by atoms with van der Waals surface area (Å²) in [7, 11) is 0. The van der Waals surface area contributed by atoms with Crippen molar-refractivity contribution >= 4 is 22.9 Å². The minimum absolute atomic E-state index is 0.244. The Morgan fingerprint density at radius 1 is 1.16 bits per heavy atom. The van der Waals surface area contributed by atoms with Gasteiger partial charge in [-0.15, -0.1) is 5.11 Å². The zero-order valence-corrected chi connectivity index (χ0v) is 18.1. The predicted molar refractivity (Wildman–Crippen MR) is 117 cm³/mol. The van der Waals surface area contributed by atoms with Crippen LogP contribution in [0.4, 0.5) is 10.6 Å². The molecule has 1 amide bonds. The summed E-state index contributed by atoms with van der Waals surface area (Å²) in [6, 6.07) is 9.82. The monoisotopic (exact) mass is 421 g/mol. The number of hydrogen-bond acceptors (Lipinski definition) is 7. The minimum Gasteiger partial charge on any atom is -0.444 e. The van der Waals surface area contributed by atoms with Crippen LogP contribution in [0.15, 0.2) is 53.1 Å². The van der Waals surface area contributed by atoms with Gasteiger partial charge < -0.3 is 9.64 Å². The van der Waals surface area contributed by atoms with Crippen molar-refractivity contribution in [1.29, 1.82) is 0 Å². The van der Waals surface area contributed by atoms with Gasteiger partial charge in [0, 0.05) is 13.1 Å². The van der Waals surface area contributed by atoms with Gasteiger partial charge in [0.05, 0.1) is 23.8 Å². The van der Waals surface area contributed by atoms with Gasteiger partial charge in [0.2, 0.25) is 0 Å². The molecule has 0 spiro atoms. The van der Waals surface area contributed by atoms with Crippen molar-refractivity contribution in [2.75, 3.05) is 19.6 Å². The molecule has 31 heavy (non-hydrogen) atoms. The van der Waals surface area contributed by atoms with E-state index in [9.17, 15) is 4.79 Å². The Morgan fingerprint density at radius 3 is 2.61 bits per heavy atom. The van der Waals surface area contributed by atoms with Gasteiger partial charge in [-0.05, 0) is 51.7 Å². The number of benzene rings is 1. The summed E-state index contributed by atoms with van der Waals surface area (Å²) >= 11 is 0. The van der Waals surface area contributed by atoms with Crippen LogP contribution in [0.3, 0.4) is 0 Å². The summed E-state index contributed by atoms with van der Waals surface area (Å²) in [5.41, 5.74) is 1.15. The Bertz CT molecular complexity index is 1060. The van der Waals surface area contributed by atoms with Gasteiger partial charge in [0.1, 0.15) is 11.9 Å². The molecule has 0 bridgehead atoms. The van der Waals surface area contributed by atoms with Crippen LogP contribution in [0.25, 0.3) is 16.7 Å². The first-order valence-electron chi connectivity index (χ1n) is 10.5. The molecule has 3 aromatic rings. The van der Waals surface area contributed by atoms with Gasteiger partial charge in [0.25, 0.3) is 0 Å². The van der Waals surface area contributed by atoms with Gasteiger partial charge in [-0.3, -0.25) is 0 Å². The van der Waals surface area contributed by atoms with E-state index in [0.29, 0.717) is 37.0 Å². The Kier molecular flexibility index (Phi) is 5.92. The lowest BCUT2D eigenvalue weighted by atomic mass is 9.97. The summed E-state index contributed by atoms with van der Waals surface area (Å²) < 4.78 is 7.22. The van der Waals surface area contributed by atoms with Crippen molar-refractivity contribution < 1.29 is 9.53 Å². The molecule has 1 fully saturated rings. The number of piperidine rings is 1. The molecule has 3 heterocycles. The quantitative estimate of drug-likeness (QED) is 0.576. The first-order valence-corrected chi connectivity index (χ1v) is 10.5. The maximum atomic E-state index is 12.2. The Hall–Kier alpha value is -3.36. The van der Waals surface area contributed by atoms with Crippen molar-refractivity contribution in [3.63, 3.8) is 0 Å². The normalized spacial score (nSPS) is 15.6. The summed E-state index contributed by atoms with van der Waals surface area (Å²) in [6.45, 7) is 7.59. The highest BCUT2D eigenvalue weighted by Gasteiger charge is 2.26. The third-order valence-electron chi connectivity index (χ3n) is 5.12. The van der Waals surface area contributed by atoms with E-state index >= 15 is 0 Å². The average Bonchev–Trinajstić information content (AvgIpc) is 3.19. The first kappa shape index (κ1) is 20.9. The molecule has 0 radical (unpaired) electrons. The number of ether oxygens (including phenoxy) is 1. The van der Waals surface area contributed by atoms with Gasteiger partial charge in [-0.2, -0.15) is 10.2 Å². The van der Waals surface area contributed by atoms with Crippen LogP contribution in [0.1, 0.15) is 33.6 Å². The third kappa shape index (κ3) is 5.04. The molecule has 0 aliphatic carbocycles. The molecular weight excluding hydrogens is 394 g/mol. The van der Waals surface area contributed by atoms with E-state index in [1.165, 1.54) is 6.33 Å². The second kappa shape index (κ2) is 8.79. The van der Waals surface area contributed by atoms with E-state index < -0.39 is 5.60 Å². The van der Waals surface area contributed by atoms with E-state index in [4.69, 9.17) is 4.74 Å². The molecule has 0 saturated carbocycles. The molecule has 1 aromatic carbocycles. The highest BCUT2D eigenvalue weighted by Crippen LogP contribution is 2.25. The highest BCUT2D eigenvalue weighted by molar-refractivity contribution is 5.85. The lowest BCUT2D eigenvalue weighted by Crippen LogP contribution is -2.42. The van der Waals surface area contributed by atoms with Crippen molar-refractivity contribution in [2.24, 2.45) is 16.1 Å². The topological polar surface area (TPSA) is 97.9 Å². The highest BCUT2D eigenvalue weighted by atomic mass is 16.6. The van der Waals surface area contributed by atoms with E-state index in [1.807, 2.05) is 51.1 Å². The van der Waals surface area contributed by atoms with Crippen molar-refractivity contribution in [2.45, 2.75) is 39.2 Å². The van der Waals surface area contributed by atoms with Crippen LogP contribution in [0.5, 0.6) is 0 Å².